The number of methoxy groups -OCH3 is 1. The maximum absolute atomic E-state index is 14.3. The number of alkyl halides is 3. The smallest absolute Gasteiger partial charge is 0.437 e. The van der Waals surface area contributed by atoms with Crippen LogP contribution in [0.3, 0.4) is 0 Å². The van der Waals surface area contributed by atoms with Crippen LogP contribution < -0.4 is 5.32 Å². The summed E-state index contributed by atoms with van der Waals surface area (Å²) >= 11 is 7.74. The molecule has 0 amide bonds. The van der Waals surface area contributed by atoms with Crippen molar-refractivity contribution in [3.8, 4) is 6.07 Å². The van der Waals surface area contributed by atoms with Gasteiger partial charge in [-0.05, 0) is 23.1 Å². The van der Waals surface area contributed by atoms with Gasteiger partial charge < -0.3 is 15.2 Å². The number of ketones is 1. The summed E-state index contributed by atoms with van der Waals surface area (Å²) in [5.74, 6) is -5.92. The lowest BCUT2D eigenvalue weighted by Gasteiger charge is -2.45. The molecule has 6 nitrogen and oxygen atoms in total. The Labute approximate surface area is 200 Å². The Morgan fingerprint density at radius 1 is 1.33 bits per heavy atom. The second kappa shape index (κ2) is 9.77. The number of esters is 1. The summed E-state index contributed by atoms with van der Waals surface area (Å²) in [6.45, 7) is 0. The number of carbonyl (C=O) groups excluding carboxylic acids is 2. The van der Waals surface area contributed by atoms with Crippen LogP contribution in [0, 0.1) is 17.2 Å². The van der Waals surface area contributed by atoms with Crippen molar-refractivity contribution in [3.05, 3.63) is 67.8 Å². The number of aliphatic hydroxyl groups is 1. The number of carbonyl (C=O) groups is 2. The van der Waals surface area contributed by atoms with Crippen LogP contribution in [0.25, 0.3) is 0 Å². The highest BCUT2D eigenvalue weighted by Crippen LogP contribution is 2.52. The minimum absolute atomic E-state index is 0.0166. The van der Waals surface area contributed by atoms with Crippen LogP contribution in [0.5, 0.6) is 0 Å². The second-order valence-corrected chi connectivity index (χ2v) is 9.27. The fraction of sp³-hybridized carbons (Fsp3) is 0.286. The minimum atomic E-state index is -5.33. The number of benzene rings is 1. The number of hydrogen-bond donors (Lipinski definition) is 2. The van der Waals surface area contributed by atoms with E-state index >= 15 is 0 Å². The van der Waals surface area contributed by atoms with Crippen molar-refractivity contribution in [2.45, 2.75) is 17.8 Å². The predicted octanol–water partition coefficient (Wildman–Crippen LogP) is 4.48. The highest BCUT2D eigenvalue weighted by Gasteiger charge is 2.66. The summed E-state index contributed by atoms with van der Waals surface area (Å²) in [4.78, 5) is 24.9. The molecule has 0 aliphatic carbocycles. The van der Waals surface area contributed by atoms with E-state index in [1.165, 1.54) is 35.7 Å². The zero-order valence-corrected chi connectivity index (χ0v) is 19.2. The summed E-state index contributed by atoms with van der Waals surface area (Å²) in [6.07, 6.45) is -5.33. The standard InChI is InChI=1S/C21H16ClF3N2O4S2/c1-31-15(28)10-33-19-12(9-26)16(11-5-2-3-6-13(11)22)17(18(29)14-7-4-8-32-14)20(30,27-19)21(23,24)25/h2-8,16-17,27,30H,10H2,1H3/t16-,17+,20+/m1/s1. The van der Waals surface area contributed by atoms with Gasteiger partial charge in [0.25, 0.3) is 0 Å². The van der Waals surface area contributed by atoms with Crippen LogP contribution in [0.2, 0.25) is 5.02 Å². The molecule has 174 valence electrons. The third-order valence-electron chi connectivity index (χ3n) is 5.04. The van der Waals surface area contributed by atoms with Gasteiger partial charge in [-0.1, -0.05) is 47.6 Å². The first-order chi connectivity index (χ1) is 15.5. The van der Waals surface area contributed by atoms with E-state index in [1.807, 2.05) is 11.4 Å². The first kappa shape index (κ1) is 25.1. The molecular formula is C21H16ClF3N2O4S2. The van der Waals surface area contributed by atoms with Crippen molar-refractivity contribution in [2.24, 2.45) is 5.92 Å². The highest BCUT2D eigenvalue weighted by molar-refractivity contribution is 8.03. The van der Waals surface area contributed by atoms with Crippen molar-refractivity contribution < 1.29 is 32.6 Å². The maximum Gasteiger partial charge on any atom is 0.437 e. The monoisotopic (exact) mass is 516 g/mol. The molecule has 3 rings (SSSR count). The number of allylic oxidation sites excluding steroid dienone is 1. The lowest BCUT2D eigenvalue weighted by Crippen LogP contribution is -2.66. The van der Waals surface area contributed by atoms with Crippen LogP contribution in [0.15, 0.2) is 52.4 Å². The predicted molar refractivity (Wildman–Crippen MR) is 118 cm³/mol. The molecule has 2 aromatic rings. The SMILES string of the molecule is COC(=O)CSC1=C(C#N)[C@@H](c2ccccc2Cl)[C@@H](C(=O)c2cccs2)[C@](O)(C(F)(F)F)N1. The van der Waals surface area contributed by atoms with Gasteiger partial charge in [-0.15, -0.1) is 11.3 Å². The zero-order chi connectivity index (χ0) is 24.4. The van der Waals surface area contributed by atoms with E-state index in [4.69, 9.17) is 11.6 Å². The molecule has 0 bridgehead atoms. The average Bonchev–Trinajstić information content (AvgIpc) is 3.31. The number of ether oxygens (including phenoxy) is 1. The van der Waals surface area contributed by atoms with E-state index in [-0.39, 0.29) is 21.0 Å². The lowest BCUT2D eigenvalue weighted by molar-refractivity contribution is -0.285. The van der Waals surface area contributed by atoms with Crippen LogP contribution >= 0.6 is 34.7 Å². The van der Waals surface area contributed by atoms with Crippen molar-refractivity contribution in [2.75, 3.05) is 12.9 Å². The Hall–Kier alpha value is -2.52. The Bertz CT molecular complexity index is 1130. The second-order valence-electron chi connectivity index (χ2n) is 6.93. The van der Waals surface area contributed by atoms with E-state index in [0.717, 1.165) is 18.4 Å². The van der Waals surface area contributed by atoms with Crippen LogP contribution in [-0.4, -0.2) is 41.6 Å². The Morgan fingerprint density at radius 3 is 2.58 bits per heavy atom. The molecule has 0 saturated carbocycles. The number of thiophene rings is 1. The van der Waals surface area contributed by atoms with E-state index < -0.39 is 46.3 Å². The minimum Gasteiger partial charge on any atom is -0.468 e. The molecule has 1 aliphatic rings. The quantitative estimate of drug-likeness (QED) is 0.431. The van der Waals surface area contributed by atoms with E-state index in [2.05, 4.69) is 4.74 Å². The van der Waals surface area contributed by atoms with E-state index in [9.17, 15) is 33.1 Å². The van der Waals surface area contributed by atoms with Crippen LogP contribution in [0.4, 0.5) is 13.2 Å². The third-order valence-corrected chi connectivity index (χ3v) is 7.26. The summed E-state index contributed by atoms with van der Waals surface area (Å²) in [5.41, 5.74) is -3.96. The van der Waals surface area contributed by atoms with Gasteiger partial charge in [0.1, 0.15) is 0 Å². The molecule has 3 atom stereocenters. The molecule has 0 radical (unpaired) electrons. The fourth-order valence-corrected chi connectivity index (χ4v) is 5.41. The van der Waals surface area contributed by atoms with Crippen molar-refractivity contribution in [1.82, 2.24) is 5.32 Å². The van der Waals surface area contributed by atoms with Crippen LogP contribution in [-0.2, 0) is 9.53 Å². The lowest BCUT2D eigenvalue weighted by atomic mass is 9.70. The number of nitriles is 1. The molecule has 1 aliphatic heterocycles. The molecule has 0 fully saturated rings. The number of nitrogens with zero attached hydrogens (tertiary/aromatic N) is 1. The Morgan fingerprint density at radius 2 is 2.03 bits per heavy atom. The third kappa shape index (κ3) is 4.75. The van der Waals surface area contributed by atoms with Gasteiger partial charge >= 0.3 is 12.1 Å². The number of hydrogen-bond acceptors (Lipinski definition) is 8. The zero-order valence-electron chi connectivity index (χ0n) is 16.9. The van der Waals surface area contributed by atoms with Crippen LogP contribution in [0.1, 0.15) is 21.2 Å². The Kier molecular flexibility index (Phi) is 7.43. The molecule has 2 N–H and O–H groups in total. The number of rotatable bonds is 6. The molecule has 12 heteroatoms. The summed E-state index contributed by atoms with van der Waals surface area (Å²) in [6, 6.07) is 10.5. The summed E-state index contributed by atoms with van der Waals surface area (Å²) in [5, 5.41) is 24.0. The summed E-state index contributed by atoms with van der Waals surface area (Å²) < 4.78 is 47.5. The topological polar surface area (TPSA) is 99.4 Å². The normalized spacial score (nSPS) is 22.9. The first-order valence-electron chi connectivity index (χ1n) is 9.28. The first-order valence-corrected chi connectivity index (χ1v) is 11.5. The van der Waals surface area contributed by atoms with Gasteiger partial charge in [-0.2, -0.15) is 18.4 Å². The molecule has 0 unspecified atom stereocenters. The maximum atomic E-state index is 14.3. The van der Waals surface area contributed by atoms with Gasteiger partial charge in [0.15, 0.2) is 5.78 Å². The van der Waals surface area contributed by atoms with Crippen molar-refractivity contribution in [1.29, 1.82) is 5.26 Å². The number of Topliss-reactive ketones (excluding diaryl/α,β-unsaturated/α-hetero) is 1. The molecule has 1 aromatic carbocycles. The average molecular weight is 517 g/mol. The van der Waals surface area contributed by atoms with Gasteiger partial charge in [-0.25, -0.2) is 0 Å². The molecule has 0 spiro atoms. The molecular weight excluding hydrogens is 501 g/mol. The number of thioether (sulfide) groups is 1. The van der Waals surface area contributed by atoms with Gasteiger partial charge in [0.05, 0.1) is 40.3 Å². The fourth-order valence-electron chi connectivity index (χ4n) is 3.51. The van der Waals surface area contributed by atoms with Gasteiger partial charge in [0, 0.05) is 10.9 Å². The van der Waals surface area contributed by atoms with Crippen molar-refractivity contribution in [3.63, 3.8) is 0 Å². The highest BCUT2D eigenvalue weighted by atomic mass is 35.5. The molecule has 1 aromatic heterocycles. The Balaban J connectivity index is 2.30. The molecule has 2 heterocycles. The van der Waals surface area contributed by atoms with Gasteiger partial charge in [-0.3, -0.25) is 9.59 Å². The largest absolute Gasteiger partial charge is 0.468 e. The van der Waals surface area contributed by atoms with Gasteiger partial charge in [0.2, 0.25) is 5.72 Å². The number of nitrogens with one attached hydrogen (secondary N) is 1. The number of halogens is 4. The van der Waals surface area contributed by atoms with E-state index in [0.29, 0.717) is 11.8 Å². The summed E-state index contributed by atoms with van der Waals surface area (Å²) in [7, 11) is 1.10. The molecule has 0 saturated heterocycles. The molecule has 33 heavy (non-hydrogen) atoms. The van der Waals surface area contributed by atoms with Crippen molar-refractivity contribution >= 4 is 46.5 Å². The van der Waals surface area contributed by atoms with E-state index in [1.54, 1.807) is 6.07 Å².